The van der Waals surface area contributed by atoms with Crippen molar-refractivity contribution in [3.8, 4) is 5.75 Å². The topological polar surface area (TPSA) is 79.5 Å². The fourth-order valence-corrected chi connectivity index (χ4v) is 3.36. The molecule has 2 amide bonds. The Hall–Kier alpha value is -3.35. The summed E-state index contributed by atoms with van der Waals surface area (Å²) >= 11 is 6.15. The molecule has 3 aromatic carbocycles. The Balaban J connectivity index is 1.68. The largest absolute Gasteiger partial charge is 0.495 e. The summed E-state index contributed by atoms with van der Waals surface area (Å²) < 4.78 is 5.33. The Kier molecular flexibility index (Phi) is 7.87. The molecule has 0 aliphatic heterocycles. The quantitative estimate of drug-likeness (QED) is 0.440. The normalized spacial score (nSPS) is 11.5. The summed E-state index contributed by atoms with van der Waals surface area (Å²) in [5, 5.41) is 9.40. The van der Waals surface area contributed by atoms with E-state index >= 15 is 0 Å². The minimum atomic E-state index is -0.369. The van der Waals surface area contributed by atoms with Crippen molar-refractivity contribution in [2.45, 2.75) is 19.9 Å². The molecule has 0 bridgehead atoms. The van der Waals surface area contributed by atoms with Gasteiger partial charge >= 0.3 is 0 Å². The summed E-state index contributed by atoms with van der Waals surface area (Å²) in [6.45, 7) is 3.94. The van der Waals surface area contributed by atoms with Gasteiger partial charge in [-0.15, -0.1) is 0 Å². The molecule has 0 saturated carbocycles. The SMILES string of the molecule is COc1cc(Cl)c(C)cc1NC(=O)c1ccccc1NC(=O)CN[C@@H](C)c1ccccc1. The summed E-state index contributed by atoms with van der Waals surface area (Å²) in [6.07, 6.45) is 0. The van der Waals surface area contributed by atoms with Crippen LogP contribution in [0.4, 0.5) is 11.4 Å². The number of ether oxygens (including phenoxy) is 1. The van der Waals surface area contributed by atoms with Crippen LogP contribution in [-0.4, -0.2) is 25.5 Å². The maximum atomic E-state index is 13.0. The number of para-hydroxylation sites is 1. The van der Waals surface area contributed by atoms with E-state index in [2.05, 4.69) is 16.0 Å². The van der Waals surface area contributed by atoms with E-state index in [1.807, 2.05) is 44.2 Å². The first-order valence-electron chi connectivity index (χ1n) is 10.2. The molecule has 0 heterocycles. The third kappa shape index (κ3) is 5.87. The van der Waals surface area contributed by atoms with Crippen molar-refractivity contribution in [3.05, 3.63) is 88.4 Å². The highest BCUT2D eigenvalue weighted by Gasteiger charge is 2.16. The second kappa shape index (κ2) is 10.8. The lowest BCUT2D eigenvalue weighted by Gasteiger charge is -2.16. The van der Waals surface area contributed by atoms with Crippen molar-refractivity contribution < 1.29 is 14.3 Å². The number of amides is 2. The van der Waals surface area contributed by atoms with Crippen LogP contribution < -0.4 is 20.7 Å². The van der Waals surface area contributed by atoms with Gasteiger partial charge in [0.15, 0.2) is 0 Å². The molecule has 0 unspecified atom stereocenters. The van der Waals surface area contributed by atoms with E-state index in [1.165, 1.54) is 7.11 Å². The summed E-state index contributed by atoms with van der Waals surface area (Å²) in [5.74, 6) is -0.158. The molecule has 0 aromatic heterocycles. The minimum Gasteiger partial charge on any atom is -0.495 e. The Morgan fingerprint density at radius 3 is 2.38 bits per heavy atom. The molecule has 1 atom stereocenters. The standard InChI is InChI=1S/C25H26ClN3O3/c1-16-13-22(23(32-3)14-20(16)26)29-25(31)19-11-7-8-12-21(19)28-24(30)15-27-17(2)18-9-5-4-6-10-18/h4-14,17,27H,15H2,1-3H3,(H,28,30)(H,29,31)/t17-/m0/s1. The molecular formula is C25H26ClN3O3. The molecule has 0 fully saturated rings. The third-order valence-corrected chi connectivity index (χ3v) is 5.45. The average molecular weight is 452 g/mol. The van der Waals surface area contributed by atoms with Crippen molar-refractivity contribution in [2.24, 2.45) is 0 Å². The predicted molar refractivity (Wildman–Crippen MR) is 129 cm³/mol. The number of hydrogen-bond acceptors (Lipinski definition) is 4. The van der Waals surface area contributed by atoms with Crippen LogP contribution in [0.1, 0.15) is 34.5 Å². The fourth-order valence-electron chi connectivity index (χ4n) is 3.21. The van der Waals surface area contributed by atoms with Gasteiger partial charge in [-0.25, -0.2) is 0 Å². The Morgan fingerprint density at radius 2 is 1.66 bits per heavy atom. The highest BCUT2D eigenvalue weighted by Crippen LogP contribution is 2.31. The number of carbonyl (C=O) groups is 2. The number of carbonyl (C=O) groups excluding carboxylic acids is 2. The Bertz CT molecular complexity index is 1100. The lowest BCUT2D eigenvalue weighted by Crippen LogP contribution is -2.30. The molecule has 0 aliphatic carbocycles. The first-order chi connectivity index (χ1) is 15.4. The van der Waals surface area contributed by atoms with Gasteiger partial charge < -0.3 is 20.7 Å². The van der Waals surface area contributed by atoms with E-state index in [4.69, 9.17) is 16.3 Å². The van der Waals surface area contributed by atoms with Crippen molar-refractivity contribution in [3.63, 3.8) is 0 Å². The summed E-state index contributed by atoms with van der Waals surface area (Å²) in [4.78, 5) is 25.5. The number of aryl methyl sites for hydroxylation is 1. The molecule has 0 saturated heterocycles. The Morgan fingerprint density at radius 1 is 0.969 bits per heavy atom. The fraction of sp³-hybridized carbons (Fsp3) is 0.200. The van der Waals surface area contributed by atoms with Crippen LogP contribution in [0.15, 0.2) is 66.7 Å². The summed E-state index contributed by atoms with van der Waals surface area (Å²) in [5.41, 5.74) is 3.16. The van der Waals surface area contributed by atoms with E-state index in [1.54, 1.807) is 36.4 Å². The first kappa shape index (κ1) is 23.3. The van der Waals surface area contributed by atoms with Gasteiger partial charge in [-0.1, -0.05) is 54.1 Å². The van der Waals surface area contributed by atoms with Crippen LogP contribution in [0.5, 0.6) is 5.75 Å². The smallest absolute Gasteiger partial charge is 0.257 e. The third-order valence-electron chi connectivity index (χ3n) is 5.04. The highest BCUT2D eigenvalue weighted by molar-refractivity contribution is 6.31. The van der Waals surface area contributed by atoms with Gasteiger partial charge in [-0.3, -0.25) is 9.59 Å². The number of methoxy groups -OCH3 is 1. The second-order valence-corrected chi connectivity index (χ2v) is 7.77. The number of anilines is 2. The molecule has 6 nitrogen and oxygen atoms in total. The van der Waals surface area contributed by atoms with E-state index in [9.17, 15) is 9.59 Å². The molecule has 0 aliphatic rings. The minimum absolute atomic E-state index is 0.0149. The molecule has 7 heteroatoms. The van der Waals surface area contributed by atoms with Crippen molar-refractivity contribution in [2.75, 3.05) is 24.3 Å². The van der Waals surface area contributed by atoms with Gasteiger partial charge in [0.25, 0.3) is 5.91 Å². The summed E-state index contributed by atoms with van der Waals surface area (Å²) in [6, 6.07) is 20.1. The number of nitrogens with one attached hydrogen (secondary N) is 3. The molecule has 0 radical (unpaired) electrons. The monoisotopic (exact) mass is 451 g/mol. The number of rotatable bonds is 8. The lowest BCUT2D eigenvalue weighted by atomic mass is 10.1. The highest BCUT2D eigenvalue weighted by atomic mass is 35.5. The maximum absolute atomic E-state index is 13.0. The molecule has 0 spiro atoms. The van der Waals surface area contributed by atoms with E-state index in [0.29, 0.717) is 27.7 Å². The number of benzene rings is 3. The van der Waals surface area contributed by atoms with Crippen LogP contribution in [0.25, 0.3) is 0 Å². The molecular weight excluding hydrogens is 426 g/mol. The Labute approximate surface area is 192 Å². The van der Waals surface area contributed by atoms with Crippen LogP contribution in [-0.2, 0) is 4.79 Å². The lowest BCUT2D eigenvalue weighted by molar-refractivity contribution is -0.115. The summed E-state index contributed by atoms with van der Waals surface area (Å²) in [7, 11) is 1.51. The van der Waals surface area contributed by atoms with E-state index in [-0.39, 0.29) is 24.4 Å². The van der Waals surface area contributed by atoms with Crippen LogP contribution >= 0.6 is 11.6 Å². The molecule has 3 rings (SSSR count). The van der Waals surface area contributed by atoms with Gasteiger partial charge in [0.05, 0.1) is 30.6 Å². The molecule has 166 valence electrons. The first-order valence-corrected chi connectivity index (χ1v) is 10.6. The average Bonchev–Trinajstić information content (AvgIpc) is 2.80. The van der Waals surface area contributed by atoms with Crippen LogP contribution in [0, 0.1) is 6.92 Å². The van der Waals surface area contributed by atoms with E-state index < -0.39 is 0 Å². The second-order valence-electron chi connectivity index (χ2n) is 7.36. The van der Waals surface area contributed by atoms with Crippen molar-refractivity contribution in [1.82, 2.24) is 5.32 Å². The van der Waals surface area contributed by atoms with Crippen molar-refractivity contribution in [1.29, 1.82) is 0 Å². The van der Waals surface area contributed by atoms with Gasteiger partial charge in [0, 0.05) is 17.1 Å². The molecule has 3 N–H and O–H groups in total. The maximum Gasteiger partial charge on any atom is 0.257 e. The van der Waals surface area contributed by atoms with E-state index in [0.717, 1.165) is 11.1 Å². The van der Waals surface area contributed by atoms with Crippen LogP contribution in [0.2, 0.25) is 5.02 Å². The van der Waals surface area contributed by atoms with Gasteiger partial charge in [0.2, 0.25) is 5.91 Å². The van der Waals surface area contributed by atoms with Gasteiger partial charge in [-0.2, -0.15) is 0 Å². The predicted octanol–water partition coefficient (Wildman–Crippen LogP) is 5.20. The van der Waals surface area contributed by atoms with Gasteiger partial charge in [0.1, 0.15) is 5.75 Å². The van der Waals surface area contributed by atoms with Gasteiger partial charge in [-0.05, 0) is 43.2 Å². The number of halogens is 1. The molecule has 32 heavy (non-hydrogen) atoms. The zero-order chi connectivity index (χ0) is 23.1. The zero-order valence-corrected chi connectivity index (χ0v) is 19.0. The van der Waals surface area contributed by atoms with Crippen LogP contribution in [0.3, 0.4) is 0 Å². The molecule has 3 aromatic rings. The number of hydrogen-bond donors (Lipinski definition) is 3. The zero-order valence-electron chi connectivity index (χ0n) is 18.2. The van der Waals surface area contributed by atoms with Crippen molar-refractivity contribution >= 4 is 34.8 Å².